The molecule has 2 atom stereocenters. The van der Waals surface area contributed by atoms with Crippen molar-refractivity contribution in [3.8, 4) is 0 Å². The van der Waals surface area contributed by atoms with Crippen molar-refractivity contribution in [2.45, 2.75) is 46.1 Å². The summed E-state index contributed by atoms with van der Waals surface area (Å²) in [6.07, 6.45) is 5.68. The van der Waals surface area contributed by atoms with Gasteiger partial charge in [-0.1, -0.05) is 11.6 Å². The van der Waals surface area contributed by atoms with E-state index in [4.69, 9.17) is 4.74 Å². The predicted octanol–water partition coefficient (Wildman–Crippen LogP) is 2.68. The summed E-state index contributed by atoms with van der Waals surface area (Å²) in [4.78, 5) is 10.7. The maximum atomic E-state index is 10.7. The van der Waals surface area contributed by atoms with E-state index in [1.54, 1.807) is 0 Å². The van der Waals surface area contributed by atoms with E-state index in [-0.39, 0.29) is 12.1 Å². The van der Waals surface area contributed by atoms with E-state index < -0.39 is 0 Å². The van der Waals surface area contributed by atoms with Crippen LogP contribution in [-0.4, -0.2) is 12.1 Å². The van der Waals surface area contributed by atoms with Gasteiger partial charge in [0.25, 0.3) is 0 Å². The Hall–Kier alpha value is -0.790. The second-order valence-electron chi connectivity index (χ2n) is 3.90. The number of carbonyl (C=O) groups is 1. The molecule has 1 aliphatic rings. The van der Waals surface area contributed by atoms with Crippen molar-refractivity contribution in [2.75, 3.05) is 0 Å². The number of carbonyl (C=O) groups excluding carboxylic acids is 1. The normalized spacial score (nSPS) is 24.8. The minimum absolute atomic E-state index is 0.0712. The first-order valence-electron chi connectivity index (χ1n) is 4.92. The molecule has 0 radical (unpaired) electrons. The highest BCUT2D eigenvalue weighted by molar-refractivity contribution is 5.66. The summed E-state index contributed by atoms with van der Waals surface area (Å²) in [7, 11) is 0. The third-order valence-electron chi connectivity index (χ3n) is 2.69. The van der Waals surface area contributed by atoms with Crippen LogP contribution in [0, 0.1) is 5.92 Å². The van der Waals surface area contributed by atoms with Gasteiger partial charge < -0.3 is 4.74 Å². The van der Waals surface area contributed by atoms with Gasteiger partial charge in [-0.05, 0) is 39.0 Å². The first kappa shape index (κ1) is 10.3. The van der Waals surface area contributed by atoms with Gasteiger partial charge >= 0.3 is 5.97 Å². The molecule has 74 valence electrons. The van der Waals surface area contributed by atoms with Crippen LogP contribution in [-0.2, 0) is 9.53 Å². The molecule has 0 aromatic heterocycles. The smallest absolute Gasteiger partial charge is 0.302 e. The van der Waals surface area contributed by atoms with Gasteiger partial charge in [0.2, 0.25) is 0 Å². The maximum absolute atomic E-state index is 10.7. The maximum Gasteiger partial charge on any atom is 0.302 e. The molecule has 2 heteroatoms. The van der Waals surface area contributed by atoms with E-state index in [2.05, 4.69) is 13.0 Å². The molecule has 0 N–H and O–H groups in total. The summed E-state index contributed by atoms with van der Waals surface area (Å²) < 4.78 is 5.16. The van der Waals surface area contributed by atoms with E-state index in [1.807, 2.05) is 6.92 Å². The van der Waals surface area contributed by atoms with Crippen LogP contribution < -0.4 is 0 Å². The Morgan fingerprint density at radius 1 is 1.69 bits per heavy atom. The van der Waals surface area contributed by atoms with Gasteiger partial charge in [-0.2, -0.15) is 0 Å². The van der Waals surface area contributed by atoms with Crippen LogP contribution >= 0.6 is 0 Å². The van der Waals surface area contributed by atoms with Crippen LogP contribution in [0.4, 0.5) is 0 Å². The molecule has 0 aromatic rings. The zero-order chi connectivity index (χ0) is 9.84. The van der Waals surface area contributed by atoms with Gasteiger partial charge in [-0.15, -0.1) is 0 Å². The number of hydrogen-bond donors (Lipinski definition) is 0. The second-order valence-corrected chi connectivity index (χ2v) is 3.90. The Labute approximate surface area is 80.0 Å². The summed E-state index contributed by atoms with van der Waals surface area (Å²) in [6.45, 7) is 5.62. The molecule has 0 saturated heterocycles. The van der Waals surface area contributed by atoms with Crippen molar-refractivity contribution in [2.24, 2.45) is 5.92 Å². The van der Waals surface area contributed by atoms with E-state index in [9.17, 15) is 4.79 Å². The van der Waals surface area contributed by atoms with Crippen LogP contribution in [0.2, 0.25) is 0 Å². The van der Waals surface area contributed by atoms with Crippen LogP contribution in [0.15, 0.2) is 11.6 Å². The summed E-state index contributed by atoms with van der Waals surface area (Å²) in [5.41, 5.74) is 1.46. The number of allylic oxidation sites excluding steroid dienone is 2. The summed E-state index contributed by atoms with van der Waals surface area (Å²) >= 11 is 0. The Morgan fingerprint density at radius 2 is 2.38 bits per heavy atom. The first-order valence-corrected chi connectivity index (χ1v) is 4.92. The molecule has 2 unspecified atom stereocenters. The van der Waals surface area contributed by atoms with E-state index in [1.165, 1.54) is 12.5 Å². The highest BCUT2D eigenvalue weighted by atomic mass is 16.5. The van der Waals surface area contributed by atoms with Gasteiger partial charge in [-0.25, -0.2) is 0 Å². The van der Waals surface area contributed by atoms with Gasteiger partial charge in [0, 0.05) is 6.92 Å². The lowest BCUT2D eigenvalue weighted by Gasteiger charge is -2.25. The van der Waals surface area contributed by atoms with Crippen molar-refractivity contribution < 1.29 is 9.53 Å². The summed E-state index contributed by atoms with van der Waals surface area (Å²) in [6, 6.07) is 0. The third-order valence-corrected chi connectivity index (χ3v) is 2.69. The number of ether oxygens (including phenoxy) is 1. The number of hydrogen-bond acceptors (Lipinski definition) is 2. The van der Waals surface area contributed by atoms with Crippen molar-refractivity contribution in [1.29, 1.82) is 0 Å². The second kappa shape index (κ2) is 4.45. The highest BCUT2D eigenvalue weighted by Gasteiger charge is 2.21. The molecule has 0 heterocycles. The van der Waals surface area contributed by atoms with Gasteiger partial charge in [0.05, 0.1) is 0 Å². The van der Waals surface area contributed by atoms with Crippen molar-refractivity contribution in [1.82, 2.24) is 0 Å². The minimum atomic E-state index is -0.168. The Balaban J connectivity index is 2.40. The van der Waals surface area contributed by atoms with Gasteiger partial charge in [0.15, 0.2) is 0 Å². The average molecular weight is 182 g/mol. The van der Waals surface area contributed by atoms with Gasteiger partial charge in [0.1, 0.15) is 6.10 Å². The minimum Gasteiger partial charge on any atom is -0.463 e. The highest BCUT2D eigenvalue weighted by Crippen LogP contribution is 2.27. The van der Waals surface area contributed by atoms with Crippen molar-refractivity contribution >= 4 is 5.97 Å². The van der Waals surface area contributed by atoms with Gasteiger partial charge in [-0.3, -0.25) is 4.79 Å². The molecule has 1 rings (SSSR count). The van der Waals surface area contributed by atoms with Crippen LogP contribution in [0.3, 0.4) is 0 Å². The Morgan fingerprint density at radius 3 is 2.85 bits per heavy atom. The molecule has 13 heavy (non-hydrogen) atoms. The Bertz CT molecular complexity index is 218. The lowest BCUT2D eigenvalue weighted by molar-refractivity contribution is -0.148. The van der Waals surface area contributed by atoms with E-state index >= 15 is 0 Å². The fourth-order valence-corrected chi connectivity index (χ4v) is 1.77. The largest absolute Gasteiger partial charge is 0.463 e. The molecule has 0 fully saturated rings. The molecule has 2 nitrogen and oxygen atoms in total. The van der Waals surface area contributed by atoms with Crippen LogP contribution in [0.25, 0.3) is 0 Å². The molecule has 0 saturated carbocycles. The Kier molecular flexibility index (Phi) is 3.52. The monoisotopic (exact) mass is 182 g/mol. The van der Waals surface area contributed by atoms with Crippen molar-refractivity contribution in [3.05, 3.63) is 11.6 Å². The molecular formula is C11H18O2. The predicted molar refractivity (Wildman–Crippen MR) is 52.3 cm³/mol. The molecular weight excluding hydrogens is 164 g/mol. The average Bonchev–Trinajstić information content (AvgIpc) is 2.04. The third kappa shape index (κ3) is 3.21. The summed E-state index contributed by atoms with van der Waals surface area (Å²) in [5, 5.41) is 0. The molecule has 0 aromatic carbocycles. The summed E-state index contributed by atoms with van der Waals surface area (Å²) in [5.74, 6) is 0.353. The molecule has 0 spiro atoms. The lowest BCUT2D eigenvalue weighted by atomic mass is 9.87. The topological polar surface area (TPSA) is 26.3 Å². The quantitative estimate of drug-likeness (QED) is 0.485. The molecule has 1 aliphatic carbocycles. The zero-order valence-electron chi connectivity index (χ0n) is 8.67. The number of esters is 1. The SMILES string of the molecule is CC(=O)OC(C)C1CC=C(C)CC1. The lowest BCUT2D eigenvalue weighted by Crippen LogP contribution is -2.24. The van der Waals surface area contributed by atoms with Crippen LogP contribution in [0.5, 0.6) is 0 Å². The fraction of sp³-hybridized carbons (Fsp3) is 0.727. The molecule has 0 aliphatic heterocycles. The van der Waals surface area contributed by atoms with E-state index in [0.717, 1.165) is 19.3 Å². The zero-order valence-corrected chi connectivity index (χ0v) is 8.67. The fourth-order valence-electron chi connectivity index (χ4n) is 1.77. The van der Waals surface area contributed by atoms with Crippen molar-refractivity contribution in [3.63, 3.8) is 0 Å². The van der Waals surface area contributed by atoms with E-state index in [0.29, 0.717) is 5.92 Å². The number of rotatable bonds is 2. The first-order chi connectivity index (χ1) is 6.09. The molecule has 0 bridgehead atoms. The molecule has 0 amide bonds. The van der Waals surface area contributed by atoms with Crippen LogP contribution in [0.1, 0.15) is 40.0 Å². The standard InChI is InChI=1S/C11H18O2/c1-8-4-6-11(7-5-8)9(2)13-10(3)12/h4,9,11H,5-7H2,1-3H3.